The quantitative estimate of drug-likeness (QED) is 0.742. The summed E-state index contributed by atoms with van der Waals surface area (Å²) in [6, 6.07) is 2.58. The summed E-state index contributed by atoms with van der Waals surface area (Å²) >= 11 is 3.23. The summed E-state index contributed by atoms with van der Waals surface area (Å²) in [6.45, 7) is 3.23. The molecule has 0 saturated carbocycles. The first-order valence-corrected chi connectivity index (χ1v) is 8.24. The molecule has 3 N–H and O–H groups in total. The second-order valence-corrected chi connectivity index (χ2v) is 7.17. The first-order valence-electron chi connectivity index (χ1n) is 6.01. The lowest BCUT2D eigenvalue weighted by atomic mass is 10.3. The number of rotatable bonds is 6. The fraction of sp³-hybridized carbons (Fsp3) is 0.500. The topological polar surface area (TPSA) is 92.9 Å². The Morgan fingerprint density at radius 1 is 1.45 bits per heavy atom. The summed E-state index contributed by atoms with van der Waals surface area (Å²) < 4.78 is 32.2. The number of aliphatic hydroxyl groups excluding tert-OH is 1. The molecule has 20 heavy (non-hydrogen) atoms. The van der Waals surface area contributed by atoms with Gasteiger partial charge in [0.05, 0.1) is 13.7 Å². The maximum Gasteiger partial charge on any atom is 0.247 e. The highest BCUT2D eigenvalue weighted by Crippen LogP contribution is 2.34. The van der Waals surface area contributed by atoms with Gasteiger partial charge in [-0.15, -0.1) is 0 Å². The number of nitrogens with two attached hydrogens (primary N) is 1. The van der Waals surface area contributed by atoms with Crippen LogP contribution in [0.25, 0.3) is 0 Å². The summed E-state index contributed by atoms with van der Waals surface area (Å²) in [6.07, 6.45) is 0. The summed E-state index contributed by atoms with van der Waals surface area (Å²) in [5.41, 5.74) is 6.06. The average Bonchev–Trinajstić information content (AvgIpc) is 2.37. The van der Waals surface area contributed by atoms with Crippen molar-refractivity contribution in [3.05, 3.63) is 16.6 Å². The Morgan fingerprint density at radius 3 is 2.50 bits per heavy atom. The predicted octanol–water partition coefficient (Wildman–Crippen LogP) is 1.43. The van der Waals surface area contributed by atoms with E-state index in [-0.39, 0.29) is 29.8 Å². The lowest BCUT2D eigenvalue weighted by Gasteiger charge is -2.26. The van der Waals surface area contributed by atoms with Crippen LogP contribution in [-0.2, 0) is 10.0 Å². The maximum atomic E-state index is 12.7. The summed E-state index contributed by atoms with van der Waals surface area (Å²) in [5.74, 6) is 0.203. The van der Waals surface area contributed by atoms with E-state index in [0.717, 1.165) is 0 Å². The van der Waals surface area contributed by atoms with E-state index in [1.165, 1.54) is 23.5 Å². The molecule has 6 nitrogen and oxygen atoms in total. The van der Waals surface area contributed by atoms with E-state index in [9.17, 15) is 8.42 Å². The number of halogens is 1. The van der Waals surface area contributed by atoms with Crippen LogP contribution in [0.4, 0.5) is 5.69 Å². The lowest BCUT2D eigenvalue weighted by Crippen LogP contribution is -2.39. The number of anilines is 1. The van der Waals surface area contributed by atoms with Gasteiger partial charge < -0.3 is 15.6 Å². The van der Waals surface area contributed by atoms with E-state index in [0.29, 0.717) is 10.2 Å². The number of sulfonamides is 1. The van der Waals surface area contributed by atoms with Crippen LogP contribution in [-0.4, -0.2) is 44.1 Å². The molecule has 0 aliphatic rings. The highest BCUT2D eigenvalue weighted by atomic mass is 79.9. The van der Waals surface area contributed by atoms with Gasteiger partial charge in [0.25, 0.3) is 0 Å². The Labute approximate surface area is 127 Å². The molecule has 0 atom stereocenters. The van der Waals surface area contributed by atoms with Crippen molar-refractivity contribution in [2.45, 2.75) is 24.8 Å². The number of hydrogen-bond donors (Lipinski definition) is 2. The lowest BCUT2D eigenvalue weighted by molar-refractivity contribution is 0.236. The minimum absolute atomic E-state index is 0.0112. The van der Waals surface area contributed by atoms with Crippen LogP contribution >= 0.6 is 15.9 Å². The molecule has 0 fully saturated rings. The second kappa shape index (κ2) is 6.75. The Morgan fingerprint density at radius 2 is 2.05 bits per heavy atom. The van der Waals surface area contributed by atoms with Crippen molar-refractivity contribution in [1.82, 2.24) is 4.31 Å². The minimum Gasteiger partial charge on any atom is -0.495 e. The fourth-order valence-corrected chi connectivity index (χ4v) is 3.92. The molecule has 1 aromatic carbocycles. The molecule has 1 aromatic rings. The second-order valence-electron chi connectivity index (χ2n) is 4.46. The summed E-state index contributed by atoms with van der Waals surface area (Å²) in [5, 5.41) is 9.05. The van der Waals surface area contributed by atoms with Gasteiger partial charge in [0, 0.05) is 22.7 Å². The molecule has 8 heteroatoms. The predicted molar refractivity (Wildman–Crippen MR) is 81.2 cm³/mol. The Hall–Kier alpha value is -0.830. The highest BCUT2D eigenvalue weighted by Gasteiger charge is 2.30. The monoisotopic (exact) mass is 366 g/mol. The van der Waals surface area contributed by atoms with Gasteiger partial charge in [-0.25, -0.2) is 8.42 Å². The first-order chi connectivity index (χ1) is 9.25. The van der Waals surface area contributed by atoms with E-state index in [1.54, 1.807) is 13.8 Å². The molecule has 0 aliphatic heterocycles. The molecular formula is C12H19BrN2O4S. The fourth-order valence-electron chi connectivity index (χ4n) is 1.79. The van der Waals surface area contributed by atoms with E-state index in [1.807, 2.05) is 0 Å². The molecule has 0 bridgehead atoms. The van der Waals surface area contributed by atoms with Crippen LogP contribution in [0, 0.1) is 0 Å². The van der Waals surface area contributed by atoms with Crippen LogP contribution in [0.2, 0.25) is 0 Å². The number of aliphatic hydroxyl groups is 1. The molecule has 0 unspecified atom stereocenters. The Kier molecular flexibility index (Phi) is 5.81. The van der Waals surface area contributed by atoms with Crippen LogP contribution in [0.3, 0.4) is 0 Å². The zero-order valence-electron chi connectivity index (χ0n) is 11.6. The van der Waals surface area contributed by atoms with Crippen molar-refractivity contribution in [1.29, 1.82) is 0 Å². The molecule has 0 amide bonds. The molecule has 0 radical (unpaired) electrons. The normalized spacial score (nSPS) is 12.2. The molecule has 0 heterocycles. The van der Waals surface area contributed by atoms with Crippen molar-refractivity contribution < 1.29 is 18.3 Å². The number of ether oxygens (including phenoxy) is 1. The van der Waals surface area contributed by atoms with Crippen molar-refractivity contribution in [3.8, 4) is 5.75 Å². The number of methoxy groups -OCH3 is 1. The van der Waals surface area contributed by atoms with Gasteiger partial charge in [0.1, 0.15) is 10.6 Å². The molecular weight excluding hydrogens is 348 g/mol. The number of hydrogen-bond acceptors (Lipinski definition) is 5. The zero-order valence-corrected chi connectivity index (χ0v) is 14.0. The van der Waals surface area contributed by atoms with Gasteiger partial charge in [-0.2, -0.15) is 4.31 Å². The number of nitrogens with zero attached hydrogens (tertiary/aromatic N) is 1. The highest BCUT2D eigenvalue weighted by molar-refractivity contribution is 9.10. The van der Waals surface area contributed by atoms with Crippen molar-refractivity contribution in [2.75, 3.05) is 26.0 Å². The summed E-state index contributed by atoms with van der Waals surface area (Å²) in [4.78, 5) is -0.0112. The molecule has 114 valence electrons. The molecule has 0 aromatic heterocycles. The van der Waals surface area contributed by atoms with Crippen LogP contribution < -0.4 is 10.5 Å². The third-order valence-corrected chi connectivity index (χ3v) is 5.55. The van der Waals surface area contributed by atoms with Gasteiger partial charge in [0.2, 0.25) is 10.0 Å². The van der Waals surface area contributed by atoms with Crippen LogP contribution in [0.15, 0.2) is 21.5 Å². The van der Waals surface area contributed by atoms with Gasteiger partial charge in [-0.3, -0.25) is 0 Å². The molecule has 1 rings (SSSR count). The average molecular weight is 367 g/mol. The molecule has 0 saturated heterocycles. The van der Waals surface area contributed by atoms with Gasteiger partial charge in [0.15, 0.2) is 0 Å². The van der Waals surface area contributed by atoms with E-state index >= 15 is 0 Å². The van der Waals surface area contributed by atoms with Gasteiger partial charge >= 0.3 is 0 Å². The van der Waals surface area contributed by atoms with Crippen molar-refractivity contribution in [3.63, 3.8) is 0 Å². The minimum atomic E-state index is -3.80. The molecule has 0 aliphatic carbocycles. The number of nitrogen functional groups attached to an aromatic ring is 1. The molecule has 0 spiro atoms. The Balaban J connectivity index is 3.44. The number of benzene rings is 1. The third kappa shape index (κ3) is 3.43. The summed E-state index contributed by atoms with van der Waals surface area (Å²) in [7, 11) is -2.41. The van der Waals surface area contributed by atoms with Crippen LogP contribution in [0.5, 0.6) is 5.75 Å². The van der Waals surface area contributed by atoms with Crippen LogP contribution in [0.1, 0.15) is 13.8 Å². The largest absolute Gasteiger partial charge is 0.495 e. The standard InChI is InChI=1S/C12H19BrN2O4S/c1-8(2)15(4-5-16)20(17,18)12-7-10(14)9(13)6-11(12)19-3/h6-8,16H,4-5,14H2,1-3H3. The van der Waals surface area contributed by atoms with Crippen molar-refractivity contribution in [2.24, 2.45) is 0 Å². The first kappa shape index (κ1) is 17.2. The SMILES string of the molecule is COc1cc(Br)c(N)cc1S(=O)(=O)N(CCO)C(C)C. The third-order valence-electron chi connectivity index (χ3n) is 2.77. The zero-order chi connectivity index (χ0) is 15.5. The van der Waals surface area contributed by atoms with E-state index in [2.05, 4.69) is 15.9 Å². The van der Waals surface area contributed by atoms with E-state index < -0.39 is 10.0 Å². The maximum absolute atomic E-state index is 12.7. The Bertz CT molecular complexity index is 575. The van der Waals surface area contributed by atoms with E-state index in [4.69, 9.17) is 15.6 Å². The smallest absolute Gasteiger partial charge is 0.247 e. The van der Waals surface area contributed by atoms with Gasteiger partial charge in [-0.05, 0) is 41.9 Å². The van der Waals surface area contributed by atoms with Gasteiger partial charge in [-0.1, -0.05) is 0 Å². The van der Waals surface area contributed by atoms with Crippen molar-refractivity contribution >= 4 is 31.6 Å².